The van der Waals surface area contributed by atoms with Crippen molar-refractivity contribution in [2.45, 2.75) is 110 Å². The Balaban J connectivity index is 3.03. The molecule has 0 rings (SSSR count). The van der Waals surface area contributed by atoms with Gasteiger partial charge in [0.05, 0.1) is 0 Å². The van der Waals surface area contributed by atoms with Gasteiger partial charge in [-0.1, -0.05) is 83.3 Å². The predicted molar refractivity (Wildman–Crippen MR) is 94.4 cm³/mol. The Bertz CT molecular complexity index is 220. The van der Waals surface area contributed by atoms with E-state index in [1.807, 2.05) is 6.29 Å². The molecule has 0 unspecified atom stereocenters. The van der Waals surface area contributed by atoms with Crippen LogP contribution in [0, 0.1) is 0 Å². The van der Waals surface area contributed by atoms with E-state index in [1.165, 1.54) is 89.9 Å². The second-order valence-electron chi connectivity index (χ2n) is 6.19. The van der Waals surface area contributed by atoms with Crippen molar-refractivity contribution in [2.75, 3.05) is 0 Å². The van der Waals surface area contributed by atoms with Gasteiger partial charge in [0.15, 0.2) is 6.29 Å². The Morgan fingerprint density at radius 2 is 1.05 bits per heavy atom. The van der Waals surface area contributed by atoms with Crippen LogP contribution >= 0.6 is 0 Å². The lowest BCUT2D eigenvalue weighted by molar-refractivity contribution is 0.540. The molecule has 0 saturated heterocycles. The molecule has 21 heavy (non-hydrogen) atoms. The van der Waals surface area contributed by atoms with E-state index < -0.39 is 0 Å². The maximum absolute atomic E-state index is 10.0. The van der Waals surface area contributed by atoms with E-state index in [-0.39, 0.29) is 0 Å². The normalized spacial score (nSPS) is 11.3. The number of unbranched alkanes of at least 4 members (excludes halogenated alkanes) is 14. The summed E-state index contributed by atoms with van der Waals surface area (Å²) in [5.74, 6) is 0. The lowest BCUT2D eigenvalue weighted by atomic mass is 10.1. The highest BCUT2D eigenvalue weighted by atomic mass is 16.1. The largest absolute Gasteiger partial charge is 0.291 e. The summed E-state index contributed by atoms with van der Waals surface area (Å²) in [5, 5.41) is 0. The first-order chi connectivity index (χ1) is 10.4. The molecule has 0 bridgehead atoms. The summed E-state index contributed by atoms with van der Waals surface area (Å²) in [4.78, 5) is 10.0. The molecule has 0 aliphatic carbocycles. The minimum atomic E-state index is 0.628. The summed E-state index contributed by atoms with van der Waals surface area (Å²) >= 11 is 0. The van der Waals surface area contributed by atoms with Gasteiger partial charge in [-0.15, -0.1) is 0 Å². The fraction of sp³-hybridized carbons (Fsp3) is 0.850. The molecule has 0 N–H and O–H groups in total. The highest BCUT2D eigenvalue weighted by Crippen LogP contribution is 2.10. The second kappa shape index (κ2) is 19.4. The van der Waals surface area contributed by atoms with E-state index in [4.69, 9.17) is 0 Å². The third-order valence-corrected chi connectivity index (χ3v) is 4.04. The van der Waals surface area contributed by atoms with Crippen LogP contribution in [0.4, 0.5) is 0 Å². The summed E-state index contributed by atoms with van der Waals surface area (Å²) < 4.78 is 0. The monoisotopic (exact) mass is 293 g/mol. The summed E-state index contributed by atoms with van der Waals surface area (Å²) in [5.41, 5.74) is 0. The number of carbonyl (C=O) groups excluding carboxylic acids is 1. The van der Waals surface area contributed by atoms with Crippen LogP contribution in [0.1, 0.15) is 110 Å². The quantitative estimate of drug-likeness (QED) is 0.210. The Hall–Kier alpha value is -0.590. The molecule has 0 fully saturated rings. The Kier molecular flexibility index (Phi) is 18.9. The lowest BCUT2D eigenvalue weighted by Gasteiger charge is -2.00. The van der Waals surface area contributed by atoms with Gasteiger partial charge in [0, 0.05) is 6.42 Å². The average molecular weight is 294 g/mol. The SMILES string of the molecule is CCCCCCCC/C=C/CCCCCCCCC[C]=O. The molecule has 0 amide bonds. The molecule has 0 aliphatic heterocycles. The van der Waals surface area contributed by atoms with E-state index in [1.54, 1.807) is 0 Å². The van der Waals surface area contributed by atoms with Crippen molar-refractivity contribution < 1.29 is 4.79 Å². The zero-order valence-electron chi connectivity index (χ0n) is 14.4. The highest BCUT2D eigenvalue weighted by Gasteiger charge is 1.92. The standard InChI is InChI=1S/C20H37O/c1-2-3-4-5-6-7-8-9-10-11-12-13-14-15-16-17-18-19-20-21/h9-10H,2-8,11-19H2,1H3/b10-9+. The molecule has 0 aromatic rings. The summed E-state index contributed by atoms with van der Waals surface area (Å²) in [6.07, 6.45) is 27.2. The van der Waals surface area contributed by atoms with Gasteiger partial charge < -0.3 is 0 Å². The van der Waals surface area contributed by atoms with Gasteiger partial charge in [0.25, 0.3) is 0 Å². The van der Waals surface area contributed by atoms with Gasteiger partial charge in [-0.3, -0.25) is 4.79 Å². The van der Waals surface area contributed by atoms with Crippen LogP contribution in [-0.4, -0.2) is 6.29 Å². The second-order valence-corrected chi connectivity index (χ2v) is 6.19. The fourth-order valence-electron chi connectivity index (χ4n) is 2.62. The van der Waals surface area contributed by atoms with Crippen molar-refractivity contribution >= 4 is 6.29 Å². The Labute approximate surface area is 133 Å². The molecular formula is C20H37O. The predicted octanol–water partition coefficient (Wildman–Crippen LogP) is 6.91. The van der Waals surface area contributed by atoms with Gasteiger partial charge in [-0.25, -0.2) is 0 Å². The lowest BCUT2D eigenvalue weighted by Crippen LogP contribution is -1.81. The van der Waals surface area contributed by atoms with Gasteiger partial charge in [0.1, 0.15) is 0 Å². The van der Waals surface area contributed by atoms with Crippen molar-refractivity contribution in [1.82, 2.24) is 0 Å². The van der Waals surface area contributed by atoms with Crippen molar-refractivity contribution in [3.8, 4) is 0 Å². The third-order valence-electron chi connectivity index (χ3n) is 4.04. The molecule has 0 atom stereocenters. The number of allylic oxidation sites excluding steroid dienone is 2. The maximum atomic E-state index is 10.0. The Morgan fingerprint density at radius 1 is 0.619 bits per heavy atom. The van der Waals surface area contributed by atoms with E-state index in [9.17, 15) is 4.79 Å². The van der Waals surface area contributed by atoms with Crippen molar-refractivity contribution in [3.05, 3.63) is 12.2 Å². The van der Waals surface area contributed by atoms with Crippen LogP contribution in [-0.2, 0) is 4.79 Å². The molecular weight excluding hydrogens is 256 g/mol. The first-order valence-corrected chi connectivity index (χ1v) is 9.41. The highest BCUT2D eigenvalue weighted by molar-refractivity contribution is 5.50. The number of hydrogen-bond donors (Lipinski definition) is 0. The molecule has 0 spiro atoms. The van der Waals surface area contributed by atoms with Crippen molar-refractivity contribution in [3.63, 3.8) is 0 Å². The maximum Gasteiger partial charge on any atom is 0.198 e. The average Bonchev–Trinajstić information content (AvgIpc) is 2.50. The molecule has 0 aromatic carbocycles. The van der Waals surface area contributed by atoms with Gasteiger partial charge in [0.2, 0.25) is 0 Å². The summed E-state index contributed by atoms with van der Waals surface area (Å²) in [7, 11) is 0. The van der Waals surface area contributed by atoms with Crippen LogP contribution < -0.4 is 0 Å². The molecule has 0 heterocycles. The molecule has 1 heteroatoms. The Morgan fingerprint density at radius 3 is 1.52 bits per heavy atom. The van der Waals surface area contributed by atoms with Gasteiger partial charge in [-0.05, 0) is 32.1 Å². The fourth-order valence-corrected chi connectivity index (χ4v) is 2.62. The van der Waals surface area contributed by atoms with Crippen molar-refractivity contribution in [2.24, 2.45) is 0 Å². The van der Waals surface area contributed by atoms with E-state index in [2.05, 4.69) is 19.1 Å². The molecule has 1 radical (unpaired) electrons. The smallest absolute Gasteiger partial charge is 0.198 e. The minimum absolute atomic E-state index is 0.628. The topological polar surface area (TPSA) is 17.1 Å². The van der Waals surface area contributed by atoms with Gasteiger partial charge >= 0.3 is 0 Å². The van der Waals surface area contributed by atoms with Crippen molar-refractivity contribution in [1.29, 1.82) is 0 Å². The van der Waals surface area contributed by atoms with Crippen LogP contribution in [0.25, 0.3) is 0 Å². The third kappa shape index (κ3) is 19.4. The van der Waals surface area contributed by atoms with E-state index >= 15 is 0 Å². The molecule has 0 saturated carbocycles. The molecule has 1 nitrogen and oxygen atoms in total. The van der Waals surface area contributed by atoms with E-state index in [0.717, 1.165) is 6.42 Å². The molecule has 123 valence electrons. The van der Waals surface area contributed by atoms with E-state index in [0.29, 0.717) is 6.42 Å². The molecule has 0 aliphatic rings. The number of hydrogen-bond acceptors (Lipinski definition) is 1. The first-order valence-electron chi connectivity index (χ1n) is 9.41. The zero-order valence-corrected chi connectivity index (χ0v) is 14.4. The van der Waals surface area contributed by atoms with Crippen LogP contribution in [0.15, 0.2) is 12.2 Å². The number of rotatable bonds is 17. The van der Waals surface area contributed by atoms with Gasteiger partial charge in [-0.2, -0.15) is 0 Å². The molecule has 0 aromatic heterocycles. The first kappa shape index (κ1) is 20.4. The minimum Gasteiger partial charge on any atom is -0.291 e. The van der Waals surface area contributed by atoms with Crippen LogP contribution in [0.2, 0.25) is 0 Å². The summed E-state index contributed by atoms with van der Waals surface area (Å²) in [6, 6.07) is 0. The van der Waals surface area contributed by atoms with Crippen LogP contribution in [0.5, 0.6) is 0 Å². The summed E-state index contributed by atoms with van der Waals surface area (Å²) in [6.45, 7) is 2.27. The zero-order chi connectivity index (χ0) is 15.4. The van der Waals surface area contributed by atoms with Crippen LogP contribution in [0.3, 0.4) is 0 Å².